The van der Waals surface area contributed by atoms with Gasteiger partial charge in [-0.1, -0.05) is 32.0 Å². The van der Waals surface area contributed by atoms with Crippen LogP contribution in [0.15, 0.2) is 36.4 Å². The lowest BCUT2D eigenvalue weighted by atomic mass is 10.0. The molecule has 0 fully saturated rings. The summed E-state index contributed by atoms with van der Waals surface area (Å²) in [5.41, 5.74) is 2.79. The molecule has 2 aromatic rings. The van der Waals surface area contributed by atoms with Crippen molar-refractivity contribution in [2.45, 2.75) is 46.1 Å². The summed E-state index contributed by atoms with van der Waals surface area (Å²) in [6.45, 7) is 8.60. The summed E-state index contributed by atoms with van der Waals surface area (Å²) in [7, 11) is 0. The minimum Gasteiger partial charge on any atom is -0.492 e. The third-order valence-corrected chi connectivity index (χ3v) is 4.47. The first-order valence-corrected chi connectivity index (χ1v) is 9.45. The van der Waals surface area contributed by atoms with E-state index >= 15 is 0 Å². The molecular formula is C22H27NO4. The molecule has 0 spiro atoms. The summed E-state index contributed by atoms with van der Waals surface area (Å²) in [6.07, 6.45) is 0.981. The molecule has 1 heterocycles. The number of hydrogen-bond donors (Lipinski definition) is 1. The average Bonchev–Trinajstić information content (AvgIpc) is 2.99. The van der Waals surface area contributed by atoms with E-state index in [9.17, 15) is 4.79 Å². The van der Waals surface area contributed by atoms with Crippen molar-refractivity contribution in [1.82, 2.24) is 0 Å². The second-order valence-corrected chi connectivity index (χ2v) is 7.05. The molecule has 1 N–H and O–H groups in total. The highest BCUT2D eigenvalue weighted by Crippen LogP contribution is 2.38. The minimum atomic E-state index is -0.236. The molecule has 3 rings (SSSR count). The van der Waals surface area contributed by atoms with Crippen molar-refractivity contribution < 1.29 is 19.0 Å². The van der Waals surface area contributed by atoms with Gasteiger partial charge in [0, 0.05) is 18.1 Å². The summed E-state index contributed by atoms with van der Waals surface area (Å²) in [5.74, 6) is 2.28. The first kappa shape index (κ1) is 19.1. The summed E-state index contributed by atoms with van der Waals surface area (Å²) in [5, 5.41) is 2.89. The van der Waals surface area contributed by atoms with E-state index in [4.69, 9.17) is 14.2 Å². The second kappa shape index (κ2) is 8.33. The van der Waals surface area contributed by atoms with Gasteiger partial charge >= 0.3 is 0 Å². The highest BCUT2D eigenvalue weighted by Gasteiger charge is 2.22. The van der Waals surface area contributed by atoms with E-state index in [-0.39, 0.29) is 18.6 Å². The zero-order valence-electron chi connectivity index (χ0n) is 16.4. The van der Waals surface area contributed by atoms with E-state index in [1.54, 1.807) is 0 Å². The standard InChI is InChI=1S/C22H27NO4/c1-5-25-21-11-16-10-15(4)27-20(16)12-18(21)23-22(24)13-26-19-9-7-6-8-17(19)14(2)3/h6-9,11-12,14-15H,5,10,13H2,1-4H3,(H,23,24). The van der Waals surface area contributed by atoms with Crippen LogP contribution in [0, 0.1) is 0 Å². The van der Waals surface area contributed by atoms with Crippen molar-refractivity contribution in [1.29, 1.82) is 0 Å². The van der Waals surface area contributed by atoms with Crippen LogP contribution in [-0.2, 0) is 11.2 Å². The van der Waals surface area contributed by atoms with E-state index in [1.165, 1.54) is 0 Å². The molecule has 27 heavy (non-hydrogen) atoms. The van der Waals surface area contributed by atoms with Crippen LogP contribution < -0.4 is 19.5 Å². The lowest BCUT2D eigenvalue weighted by Gasteiger charge is -2.15. The van der Waals surface area contributed by atoms with Crippen molar-refractivity contribution in [3.63, 3.8) is 0 Å². The Balaban J connectivity index is 1.70. The van der Waals surface area contributed by atoms with Gasteiger partial charge in [-0.3, -0.25) is 4.79 Å². The largest absolute Gasteiger partial charge is 0.492 e. The van der Waals surface area contributed by atoms with Gasteiger partial charge in [-0.15, -0.1) is 0 Å². The number of anilines is 1. The average molecular weight is 369 g/mol. The van der Waals surface area contributed by atoms with Gasteiger partial charge in [0.2, 0.25) is 0 Å². The van der Waals surface area contributed by atoms with Crippen LogP contribution in [-0.4, -0.2) is 25.2 Å². The number of amides is 1. The SMILES string of the molecule is CCOc1cc2c(cc1NC(=O)COc1ccccc1C(C)C)OC(C)C2. The monoisotopic (exact) mass is 369 g/mol. The molecule has 1 amide bonds. The number of nitrogens with one attached hydrogen (secondary N) is 1. The van der Waals surface area contributed by atoms with Crippen molar-refractivity contribution >= 4 is 11.6 Å². The Bertz CT molecular complexity index is 816. The van der Waals surface area contributed by atoms with Gasteiger partial charge in [-0.25, -0.2) is 0 Å². The second-order valence-electron chi connectivity index (χ2n) is 7.05. The molecule has 0 radical (unpaired) electrons. The van der Waals surface area contributed by atoms with E-state index in [2.05, 4.69) is 19.2 Å². The van der Waals surface area contributed by atoms with Crippen LogP contribution in [0.5, 0.6) is 17.2 Å². The molecule has 2 aromatic carbocycles. The molecule has 1 unspecified atom stereocenters. The number of benzene rings is 2. The van der Waals surface area contributed by atoms with E-state index in [1.807, 2.05) is 50.2 Å². The van der Waals surface area contributed by atoms with Gasteiger partial charge < -0.3 is 19.5 Å². The van der Waals surface area contributed by atoms with Crippen LogP contribution in [0.1, 0.15) is 44.7 Å². The summed E-state index contributed by atoms with van der Waals surface area (Å²) >= 11 is 0. The molecule has 1 aliphatic heterocycles. The maximum atomic E-state index is 12.5. The Morgan fingerprint density at radius 3 is 2.74 bits per heavy atom. The zero-order chi connectivity index (χ0) is 19.4. The Labute approximate surface area is 160 Å². The molecule has 144 valence electrons. The van der Waals surface area contributed by atoms with Gasteiger partial charge in [0.05, 0.1) is 12.3 Å². The fourth-order valence-electron chi connectivity index (χ4n) is 3.23. The normalized spacial score (nSPS) is 15.2. The van der Waals surface area contributed by atoms with Crippen molar-refractivity contribution in [2.24, 2.45) is 0 Å². The molecule has 5 heteroatoms. The molecule has 0 saturated heterocycles. The van der Waals surface area contributed by atoms with Gasteiger partial charge in [-0.05, 0) is 37.5 Å². The van der Waals surface area contributed by atoms with Gasteiger partial charge in [-0.2, -0.15) is 0 Å². The minimum absolute atomic E-state index is 0.0658. The Kier molecular flexibility index (Phi) is 5.89. The molecule has 0 aliphatic carbocycles. The number of carbonyl (C=O) groups is 1. The van der Waals surface area contributed by atoms with E-state index < -0.39 is 0 Å². The maximum absolute atomic E-state index is 12.5. The first-order chi connectivity index (χ1) is 13.0. The molecule has 1 atom stereocenters. The highest BCUT2D eigenvalue weighted by molar-refractivity contribution is 5.93. The summed E-state index contributed by atoms with van der Waals surface area (Å²) in [4.78, 5) is 12.5. The van der Waals surface area contributed by atoms with Crippen molar-refractivity contribution in [3.8, 4) is 17.2 Å². The third kappa shape index (κ3) is 4.54. The molecule has 1 aliphatic rings. The predicted octanol–water partition coefficient (Wildman–Crippen LogP) is 4.55. The fourth-order valence-corrected chi connectivity index (χ4v) is 3.23. The van der Waals surface area contributed by atoms with Crippen LogP contribution >= 0.6 is 0 Å². The Morgan fingerprint density at radius 1 is 1.22 bits per heavy atom. The highest BCUT2D eigenvalue weighted by atomic mass is 16.5. The molecule has 0 aromatic heterocycles. The Hall–Kier alpha value is -2.69. The number of ether oxygens (including phenoxy) is 3. The van der Waals surface area contributed by atoms with E-state index in [0.717, 1.165) is 29.0 Å². The van der Waals surface area contributed by atoms with Crippen LogP contribution in [0.3, 0.4) is 0 Å². The van der Waals surface area contributed by atoms with Crippen LogP contribution in [0.25, 0.3) is 0 Å². The van der Waals surface area contributed by atoms with Gasteiger partial charge in [0.1, 0.15) is 23.4 Å². The lowest BCUT2D eigenvalue weighted by molar-refractivity contribution is -0.118. The molecule has 0 bridgehead atoms. The first-order valence-electron chi connectivity index (χ1n) is 9.45. The lowest BCUT2D eigenvalue weighted by Crippen LogP contribution is -2.21. The fraction of sp³-hybridized carbons (Fsp3) is 0.409. The summed E-state index contributed by atoms with van der Waals surface area (Å²) < 4.78 is 17.3. The topological polar surface area (TPSA) is 56.8 Å². The van der Waals surface area contributed by atoms with Crippen molar-refractivity contribution in [2.75, 3.05) is 18.5 Å². The number of carbonyl (C=O) groups excluding carboxylic acids is 1. The molecular weight excluding hydrogens is 342 g/mol. The van der Waals surface area contributed by atoms with Gasteiger partial charge in [0.15, 0.2) is 6.61 Å². The predicted molar refractivity (Wildman–Crippen MR) is 106 cm³/mol. The maximum Gasteiger partial charge on any atom is 0.262 e. The van der Waals surface area contributed by atoms with Crippen LogP contribution in [0.4, 0.5) is 5.69 Å². The Morgan fingerprint density at radius 2 is 2.00 bits per heavy atom. The summed E-state index contributed by atoms with van der Waals surface area (Å²) in [6, 6.07) is 11.6. The van der Waals surface area contributed by atoms with Crippen LogP contribution in [0.2, 0.25) is 0 Å². The molecule has 0 saturated carbocycles. The number of hydrogen-bond acceptors (Lipinski definition) is 4. The van der Waals surface area contributed by atoms with Crippen molar-refractivity contribution in [3.05, 3.63) is 47.5 Å². The number of fused-ring (bicyclic) bond motifs is 1. The number of rotatable bonds is 7. The zero-order valence-corrected chi connectivity index (χ0v) is 16.4. The smallest absolute Gasteiger partial charge is 0.262 e. The number of para-hydroxylation sites is 1. The van der Waals surface area contributed by atoms with E-state index in [0.29, 0.717) is 24.0 Å². The quantitative estimate of drug-likeness (QED) is 0.778. The third-order valence-electron chi connectivity index (χ3n) is 4.47. The molecule has 5 nitrogen and oxygen atoms in total. The van der Waals surface area contributed by atoms with Gasteiger partial charge in [0.25, 0.3) is 5.91 Å².